The molecule has 0 N–H and O–H groups in total. The van der Waals surface area contributed by atoms with Crippen molar-refractivity contribution < 1.29 is 22.6 Å². The van der Waals surface area contributed by atoms with E-state index < -0.39 is 9.84 Å². The summed E-state index contributed by atoms with van der Waals surface area (Å²) in [5.41, 5.74) is 0. The van der Waals surface area contributed by atoms with Crippen LogP contribution < -0.4 is 0 Å². The van der Waals surface area contributed by atoms with Crippen LogP contribution in [0.2, 0.25) is 0 Å². The van der Waals surface area contributed by atoms with Crippen molar-refractivity contribution in [1.82, 2.24) is 0 Å². The molecular weight excluding hydrogens is 244 g/mol. The van der Waals surface area contributed by atoms with Crippen LogP contribution >= 0.6 is 0 Å². The first-order chi connectivity index (χ1) is 7.74. The highest BCUT2D eigenvalue weighted by Gasteiger charge is 1.79. The summed E-state index contributed by atoms with van der Waals surface area (Å²) in [7, 11) is 3.98. The number of methoxy groups -OCH3 is 3. The van der Waals surface area contributed by atoms with Gasteiger partial charge in [-0.25, -0.2) is 8.42 Å². The molecule has 0 rings (SSSR count). The van der Waals surface area contributed by atoms with Crippen LogP contribution in [0.3, 0.4) is 0 Å². The molecule has 0 heterocycles. The quantitative estimate of drug-likeness (QED) is 0.782. The average Bonchev–Trinajstić information content (AvgIpc) is 2.18. The molecule has 0 aliphatic rings. The third-order valence-corrected chi connectivity index (χ3v) is 0.697. The first-order valence-corrected chi connectivity index (χ1v) is 7.57. The van der Waals surface area contributed by atoms with Crippen molar-refractivity contribution in [3.8, 4) is 0 Å². The van der Waals surface area contributed by atoms with Gasteiger partial charge in [-0.2, -0.15) is 0 Å². The molecule has 0 spiro atoms. The van der Waals surface area contributed by atoms with E-state index in [-0.39, 0.29) is 0 Å². The maximum Gasteiger partial charge on any atom is 0.144 e. The molecule has 0 atom stereocenters. The summed E-state index contributed by atoms with van der Waals surface area (Å²) in [5, 5.41) is 0. The van der Waals surface area contributed by atoms with E-state index in [9.17, 15) is 8.42 Å². The highest BCUT2D eigenvalue weighted by molar-refractivity contribution is 7.89. The zero-order valence-electron chi connectivity index (χ0n) is 12.6. The molecule has 17 heavy (non-hydrogen) atoms. The lowest BCUT2D eigenvalue weighted by Gasteiger charge is -1.84. The highest BCUT2D eigenvalue weighted by Crippen LogP contribution is 1.70. The van der Waals surface area contributed by atoms with Gasteiger partial charge in [0.25, 0.3) is 0 Å². The van der Waals surface area contributed by atoms with Gasteiger partial charge in [-0.1, -0.05) is 6.92 Å². The largest absolute Gasteiger partial charge is 0.388 e. The van der Waals surface area contributed by atoms with Crippen LogP contribution in [-0.2, 0) is 24.0 Å². The lowest BCUT2D eigenvalue weighted by atomic mass is 10.5. The van der Waals surface area contributed by atoms with Gasteiger partial charge >= 0.3 is 0 Å². The molecule has 0 fully saturated rings. The summed E-state index contributed by atoms with van der Waals surface area (Å²) in [6.45, 7) is 5.75. The minimum Gasteiger partial charge on any atom is -0.388 e. The molecule has 0 aliphatic heterocycles. The van der Waals surface area contributed by atoms with E-state index in [0.29, 0.717) is 0 Å². The summed E-state index contributed by atoms with van der Waals surface area (Å²) in [4.78, 5) is 0. The summed E-state index contributed by atoms with van der Waals surface area (Å²) in [6.07, 6.45) is 3.44. The fourth-order valence-corrected chi connectivity index (χ4v) is 0.204. The van der Waals surface area contributed by atoms with Crippen molar-refractivity contribution in [3.05, 3.63) is 0 Å². The molecule has 110 valence electrons. The van der Waals surface area contributed by atoms with Crippen LogP contribution in [0.25, 0.3) is 0 Å². The Morgan fingerprint density at radius 2 is 1.12 bits per heavy atom. The molecular formula is C11H30O5S. The Kier molecular flexibility index (Phi) is 37.5. The van der Waals surface area contributed by atoms with Crippen molar-refractivity contribution in [1.29, 1.82) is 0 Å². The lowest BCUT2D eigenvalue weighted by Crippen LogP contribution is -1.86. The van der Waals surface area contributed by atoms with Gasteiger partial charge in [0.15, 0.2) is 0 Å². The van der Waals surface area contributed by atoms with Crippen LogP contribution in [0.4, 0.5) is 0 Å². The Bertz CT molecular complexity index is 166. The number of hydrogen-bond acceptors (Lipinski definition) is 5. The Hall–Kier alpha value is -0.170. The molecule has 0 aromatic heterocycles. The van der Waals surface area contributed by atoms with Crippen molar-refractivity contribution in [3.63, 3.8) is 0 Å². The van der Waals surface area contributed by atoms with E-state index in [2.05, 4.69) is 16.4 Å². The molecule has 0 aromatic rings. The minimum absolute atomic E-state index is 0.819. The second-order valence-electron chi connectivity index (χ2n) is 3.12. The lowest BCUT2D eigenvalue weighted by molar-refractivity contribution is 0.199. The van der Waals surface area contributed by atoms with Crippen molar-refractivity contribution >= 4 is 9.84 Å². The van der Waals surface area contributed by atoms with E-state index in [1.165, 1.54) is 0 Å². The van der Waals surface area contributed by atoms with Crippen LogP contribution in [0.5, 0.6) is 0 Å². The smallest absolute Gasteiger partial charge is 0.144 e. The normalized spacial score (nSPS) is 8.71. The van der Waals surface area contributed by atoms with Gasteiger partial charge < -0.3 is 14.2 Å². The fraction of sp³-hybridized carbons (Fsp3) is 1.00. The molecule has 0 amide bonds. The molecule has 0 aliphatic carbocycles. The molecule has 0 bridgehead atoms. The molecule has 5 nitrogen and oxygen atoms in total. The summed E-state index contributed by atoms with van der Waals surface area (Å²) < 4.78 is 32.7. The third kappa shape index (κ3) is 378. The molecule has 0 unspecified atom stereocenters. The monoisotopic (exact) mass is 274 g/mol. The van der Waals surface area contributed by atoms with Gasteiger partial charge in [-0.05, 0) is 13.3 Å². The van der Waals surface area contributed by atoms with Crippen molar-refractivity contribution in [2.75, 3.05) is 54.2 Å². The van der Waals surface area contributed by atoms with Gasteiger partial charge in [-0.3, -0.25) is 0 Å². The molecule has 0 aromatic carbocycles. The Morgan fingerprint density at radius 1 is 0.882 bits per heavy atom. The second kappa shape index (κ2) is 24.9. The van der Waals surface area contributed by atoms with Gasteiger partial charge in [0, 0.05) is 54.2 Å². The first kappa shape index (κ1) is 25.6. The predicted molar refractivity (Wildman–Crippen MR) is 73.4 cm³/mol. The topological polar surface area (TPSA) is 61.8 Å². The van der Waals surface area contributed by atoms with E-state index in [0.717, 1.165) is 32.1 Å². The first-order valence-electron chi connectivity index (χ1n) is 5.27. The third-order valence-electron chi connectivity index (χ3n) is 0.697. The zero-order valence-corrected chi connectivity index (χ0v) is 13.4. The van der Waals surface area contributed by atoms with E-state index in [1.54, 1.807) is 28.4 Å². The standard InChI is InChI=1S/C4H10O.C3H8O.C2H6O2S.C2H6O/c1-3-4-5-2;1-3-4-2;1-5(2,3)4;1-3-2/h3-4H2,1-2H3;3H2,1-2H3;1-2H3;1-2H3. The van der Waals surface area contributed by atoms with E-state index in [4.69, 9.17) is 4.74 Å². The van der Waals surface area contributed by atoms with Crippen molar-refractivity contribution in [2.24, 2.45) is 0 Å². The second-order valence-corrected chi connectivity index (χ2v) is 5.41. The van der Waals surface area contributed by atoms with Crippen LogP contribution in [0.15, 0.2) is 0 Å². The number of sulfone groups is 1. The van der Waals surface area contributed by atoms with Crippen molar-refractivity contribution in [2.45, 2.75) is 20.3 Å². The summed E-state index contributed by atoms with van der Waals surface area (Å²) in [5.74, 6) is 0. The molecule has 6 heteroatoms. The van der Waals surface area contributed by atoms with Gasteiger partial charge in [0.2, 0.25) is 0 Å². The Morgan fingerprint density at radius 3 is 1.12 bits per heavy atom. The highest BCUT2D eigenvalue weighted by atomic mass is 32.2. The Labute approximate surface area is 107 Å². The number of hydrogen-bond donors (Lipinski definition) is 0. The maximum absolute atomic E-state index is 9.63. The zero-order chi connectivity index (χ0) is 14.7. The fourth-order valence-electron chi connectivity index (χ4n) is 0.204. The average molecular weight is 274 g/mol. The van der Waals surface area contributed by atoms with E-state index in [1.807, 2.05) is 6.92 Å². The summed E-state index contributed by atoms with van der Waals surface area (Å²) >= 11 is 0. The Balaban J connectivity index is -0.0000000676. The maximum atomic E-state index is 9.63. The van der Waals surface area contributed by atoms with Gasteiger partial charge in [0.1, 0.15) is 9.84 Å². The number of ether oxygens (including phenoxy) is 3. The predicted octanol–water partition coefficient (Wildman–Crippen LogP) is 1.62. The summed E-state index contributed by atoms with van der Waals surface area (Å²) in [6, 6.07) is 0. The van der Waals surface area contributed by atoms with Crippen LogP contribution in [0, 0.1) is 0 Å². The molecule has 0 saturated carbocycles. The molecule has 0 radical (unpaired) electrons. The SMILES string of the molecule is CCCOC.CCOC.COC.CS(C)(=O)=O. The van der Waals surface area contributed by atoms with E-state index >= 15 is 0 Å². The van der Waals surface area contributed by atoms with Gasteiger partial charge in [0.05, 0.1) is 0 Å². The van der Waals surface area contributed by atoms with Crippen LogP contribution in [-0.4, -0.2) is 62.6 Å². The minimum atomic E-state index is -2.67. The molecule has 0 saturated heterocycles. The van der Waals surface area contributed by atoms with Crippen LogP contribution in [0.1, 0.15) is 20.3 Å². The number of rotatable bonds is 3. The van der Waals surface area contributed by atoms with Gasteiger partial charge in [-0.15, -0.1) is 0 Å².